The van der Waals surface area contributed by atoms with Crippen molar-refractivity contribution in [3.63, 3.8) is 0 Å². The molecule has 3 aromatic heterocycles. The number of imidazole rings is 1. The Hall–Kier alpha value is -3.27. The SMILES string of the molecule is CC(=O)Nc1cccc(CSc2nc3ccccc3n2-c2nnnn2C)n1. The summed E-state index contributed by atoms with van der Waals surface area (Å²) in [6, 6.07) is 13.4. The highest BCUT2D eigenvalue weighted by Crippen LogP contribution is 2.28. The van der Waals surface area contributed by atoms with Crippen molar-refractivity contribution in [2.45, 2.75) is 17.8 Å². The van der Waals surface area contributed by atoms with Gasteiger partial charge in [0.1, 0.15) is 5.82 Å². The standard InChI is InChI=1S/C17H16N8OS/c1-11(26)18-15-9-5-6-12(19-15)10-27-17-20-13-7-3-4-8-14(13)25(17)16-21-22-23-24(16)2/h3-9H,10H2,1-2H3,(H,18,19,26). The minimum Gasteiger partial charge on any atom is -0.311 e. The summed E-state index contributed by atoms with van der Waals surface area (Å²) in [5.41, 5.74) is 2.63. The number of nitrogens with one attached hydrogen (secondary N) is 1. The van der Waals surface area contributed by atoms with Gasteiger partial charge in [0, 0.05) is 19.7 Å². The first-order valence-electron chi connectivity index (χ1n) is 8.18. The number of aromatic nitrogens is 7. The summed E-state index contributed by atoms with van der Waals surface area (Å²) in [6.07, 6.45) is 0. The van der Waals surface area contributed by atoms with Crippen molar-refractivity contribution in [3.8, 4) is 5.95 Å². The number of anilines is 1. The lowest BCUT2D eigenvalue weighted by atomic mass is 10.3. The van der Waals surface area contributed by atoms with Crippen molar-refractivity contribution < 1.29 is 4.79 Å². The number of fused-ring (bicyclic) bond motifs is 1. The topological polar surface area (TPSA) is 103 Å². The molecule has 4 aromatic rings. The first kappa shape index (κ1) is 17.2. The fraction of sp³-hybridized carbons (Fsp3) is 0.176. The Bertz CT molecular complexity index is 1120. The van der Waals surface area contributed by atoms with Gasteiger partial charge in [0.2, 0.25) is 5.91 Å². The van der Waals surface area contributed by atoms with Gasteiger partial charge in [-0.25, -0.2) is 14.6 Å². The molecule has 0 aliphatic rings. The van der Waals surface area contributed by atoms with E-state index in [2.05, 4.69) is 25.8 Å². The number of thioether (sulfide) groups is 1. The minimum atomic E-state index is -0.149. The largest absolute Gasteiger partial charge is 0.311 e. The van der Waals surface area contributed by atoms with Gasteiger partial charge in [-0.05, 0) is 34.7 Å². The van der Waals surface area contributed by atoms with Gasteiger partial charge < -0.3 is 5.32 Å². The Labute approximate surface area is 158 Å². The monoisotopic (exact) mass is 380 g/mol. The second kappa shape index (κ2) is 7.16. The lowest BCUT2D eigenvalue weighted by molar-refractivity contribution is -0.114. The molecule has 0 aliphatic heterocycles. The van der Waals surface area contributed by atoms with Crippen LogP contribution < -0.4 is 5.32 Å². The van der Waals surface area contributed by atoms with Crippen LogP contribution in [0.25, 0.3) is 17.0 Å². The van der Waals surface area contributed by atoms with Crippen LogP contribution in [0.3, 0.4) is 0 Å². The Kier molecular flexibility index (Phi) is 4.55. The summed E-state index contributed by atoms with van der Waals surface area (Å²) in [6.45, 7) is 1.46. The number of pyridine rings is 1. The van der Waals surface area contributed by atoms with Crippen molar-refractivity contribution in [2.24, 2.45) is 7.05 Å². The third-order valence-corrected chi connectivity index (χ3v) is 4.76. The number of nitrogens with zero attached hydrogens (tertiary/aromatic N) is 7. The number of carbonyl (C=O) groups is 1. The van der Waals surface area contributed by atoms with Crippen molar-refractivity contribution in [2.75, 3.05) is 5.32 Å². The number of tetrazole rings is 1. The molecular formula is C17H16N8OS. The van der Waals surface area contributed by atoms with E-state index < -0.39 is 0 Å². The van der Waals surface area contributed by atoms with E-state index in [1.165, 1.54) is 18.7 Å². The quantitative estimate of drug-likeness (QED) is 0.529. The van der Waals surface area contributed by atoms with Gasteiger partial charge >= 0.3 is 0 Å². The molecule has 136 valence electrons. The summed E-state index contributed by atoms with van der Waals surface area (Å²) in [5, 5.41) is 15.2. The van der Waals surface area contributed by atoms with E-state index in [1.807, 2.05) is 41.0 Å². The lowest BCUT2D eigenvalue weighted by Gasteiger charge is -2.07. The highest BCUT2D eigenvalue weighted by molar-refractivity contribution is 7.98. The summed E-state index contributed by atoms with van der Waals surface area (Å²) >= 11 is 1.53. The third-order valence-electron chi connectivity index (χ3n) is 3.79. The molecule has 3 heterocycles. The Balaban J connectivity index is 1.67. The molecule has 27 heavy (non-hydrogen) atoms. The first-order valence-corrected chi connectivity index (χ1v) is 9.17. The molecule has 0 saturated carbocycles. The average molecular weight is 380 g/mol. The summed E-state index contributed by atoms with van der Waals surface area (Å²) in [5.74, 6) is 1.56. The molecule has 0 unspecified atom stereocenters. The van der Waals surface area contributed by atoms with Gasteiger partial charge in [-0.3, -0.25) is 9.36 Å². The van der Waals surface area contributed by atoms with Crippen molar-refractivity contribution in [1.29, 1.82) is 0 Å². The molecule has 1 amide bonds. The molecule has 0 aliphatic carbocycles. The van der Waals surface area contributed by atoms with Crippen molar-refractivity contribution in [3.05, 3.63) is 48.2 Å². The van der Waals surface area contributed by atoms with E-state index in [9.17, 15) is 4.79 Å². The van der Waals surface area contributed by atoms with Gasteiger partial charge in [-0.2, -0.15) is 0 Å². The van der Waals surface area contributed by atoms with Crippen LogP contribution in [-0.4, -0.2) is 40.6 Å². The molecule has 0 bridgehead atoms. The average Bonchev–Trinajstić information content (AvgIpc) is 3.22. The van der Waals surface area contributed by atoms with Crippen LogP contribution >= 0.6 is 11.8 Å². The van der Waals surface area contributed by atoms with Crippen molar-refractivity contribution in [1.82, 2.24) is 34.7 Å². The van der Waals surface area contributed by atoms with Crippen molar-refractivity contribution >= 4 is 34.5 Å². The Morgan fingerprint density at radius 1 is 1.15 bits per heavy atom. The molecule has 0 saturated heterocycles. The predicted molar refractivity (Wildman–Crippen MR) is 102 cm³/mol. The molecule has 0 radical (unpaired) electrons. The van der Waals surface area contributed by atoms with Gasteiger partial charge in [-0.15, -0.1) is 0 Å². The summed E-state index contributed by atoms with van der Waals surface area (Å²) in [7, 11) is 1.79. The zero-order chi connectivity index (χ0) is 18.8. The minimum absolute atomic E-state index is 0.149. The van der Waals surface area contributed by atoms with E-state index in [4.69, 9.17) is 4.98 Å². The fourth-order valence-corrected chi connectivity index (χ4v) is 3.57. The van der Waals surface area contributed by atoms with Crippen LogP contribution in [0.1, 0.15) is 12.6 Å². The molecule has 0 atom stereocenters. The van der Waals surface area contributed by atoms with Gasteiger partial charge in [0.05, 0.1) is 16.7 Å². The second-order valence-corrected chi connectivity index (χ2v) is 6.75. The molecule has 1 N–H and O–H groups in total. The van der Waals surface area contributed by atoms with E-state index in [0.29, 0.717) is 17.5 Å². The van der Waals surface area contributed by atoms with E-state index in [0.717, 1.165) is 21.9 Å². The van der Waals surface area contributed by atoms with E-state index in [-0.39, 0.29) is 5.91 Å². The van der Waals surface area contributed by atoms with Gasteiger partial charge in [0.25, 0.3) is 5.95 Å². The number of aryl methyl sites for hydroxylation is 1. The highest BCUT2D eigenvalue weighted by Gasteiger charge is 2.17. The highest BCUT2D eigenvalue weighted by atomic mass is 32.2. The zero-order valence-electron chi connectivity index (χ0n) is 14.7. The number of para-hydroxylation sites is 2. The first-order chi connectivity index (χ1) is 13.1. The molecular weight excluding hydrogens is 364 g/mol. The van der Waals surface area contributed by atoms with Gasteiger partial charge in [-0.1, -0.05) is 35.1 Å². The maximum atomic E-state index is 11.2. The van der Waals surface area contributed by atoms with E-state index >= 15 is 0 Å². The predicted octanol–water partition coefficient (Wildman–Crippen LogP) is 2.19. The number of benzene rings is 1. The molecule has 10 heteroatoms. The fourth-order valence-electron chi connectivity index (χ4n) is 2.66. The normalized spacial score (nSPS) is 11.0. The van der Waals surface area contributed by atoms with Crippen LogP contribution in [0.4, 0.5) is 5.82 Å². The second-order valence-electron chi connectivity index (χ2n) is 5.81. The van der Waals surface area contributed by atoms with Gasteiger partial charge in [0.15, 0.2) is 5.16 Å². The summed E-state index contributed by atoms with van der Waals surface area (Å²) < 4.78 is 3.53. The summed E-state index contributed by atoms with van der Waals surface area (Å²) in [4.78, 5) is 20.4. The smallest absolute Gasteiger partial charge is 0.256 e. The molecule has 9 nitrogen and oxygen atoms in total. The number of rotatable bonds is 5. The van der Waals surface area contributed by atoms with E-state index in [1.54, 1.807) is 17.8 Å². The number of carbonyl (C=O) groups excluding carboxylic acids is 1. The number of hydrogen-bond donors (Lipinski definition) is 1. The molecule has 4 rings (SSSR count). The third kappa shape index (κ3) is 3.51. The van der Waals surface area contributed by atoms with Crippen LogP contribution in [0, 0.1) is 0 Å². The molecule has 0 spiro atoms. The Morgan fingerprint density at radius 3 is 2.78 bits per heavy atom. The van der Waals surface area contributed by atoms with Crippen LogP contribution in [0.15, 0.2) is 47.6 Å². The molecule has 0 fully saturated rings. The zero-order valence-corrected chi connectivity index (χ0v) is 15.5. The molecule has 1 aromatic carbocycles. The lowest BCUT2D eigenvalue weighted by Crippen LogP contribution is -2.08. The van der Waals surface area contributed by atoms with Crippen LogP contribution in [-0.2, 0) is 17.6 Å². The number of hydrogen-bond acceptors (Lipinski definition) is 7. The van der Waals surface area contributed by atoms with Crippen LogP contribution in [0.2, 0.25) is 0 Å². The maximum absolute atomic E-state index is 11.2. The van der Waals surface area contributed by atoms with Crippen LogP contribution in [0.5, 0.6) is 0 Å². The maximum Gasteiger partial charge on any atom is 0.256 e. The number of amides is 1. The Morgan fingerprint density at radius 2 is 2.00 bits per heavy atom.